The highest BCUT2D eigenvalue weighted by atomic mass is 32.2. The van der Waals surface area contributed by atoms with Crippen molar-refractivity contribution in [2.24, 2.45) is 0 Å². The maximum atomic E-state index is 12.5. The first kappa shape index (κ1) is 17.1. The summed E-state index contributed by atoms with van der Waals surface area (Å²) in [5, 5.41) is 0. The van der Waals surface area contributed by atoms with Gasteiger partial charge in [0.05, 0.1) is 17.9 Å². The van der Waals surface area contributed by atoms with Crippen molar-refractivity contribution in [3.63, 3.8) is 0 Å². The molecular weight excluding hydrogens is 324 g/mol. The van der Waals surface area contributed by atoms with Crippen molar-refractivity contribution in [2.45, 2.75) is 50.2 Å². The van der Waals surface area contributed by atoms with Gasteiger partial charge in [-0.3, -0.25) is 4.79 Å². The molecule has 0 N–H and O–H groups in total. The fourth-order valence-corrected chi connectivity index (χ4v) is 5.93. The van der Waals surface area contributed by atoms with Crippen LogP contribution in [-0.4, -0.2) is 32.5 Å². The van der Waals surface area contributed by atoms with E-state index in [1.165, 1.54) is 0 Å². The van der Waals surface area contributed by atoms with Crippen molar-refractivity contribution in [3.8, 4) is 0 Å². The topological polar surface area (TPSA) is 77.5 Å². The number of ether oxygens (including phenoxy) is 1. The molecule has 1 heterocycles. The average molecular weight is 344 g/mol. The van der Waals surface area contributed by atoms with Gasteiger partial charge in [-0.05, 0) is 31.7 Å². The van der Waals surface area contributed by atoms with Crippen LogP contribution in [0.2, 0.25) is 0 Å². The van der Waals surface area contributed by atoms with E-state index in [0.29, 0.717) is 31.2 Å². The Bertz CT molecular complexity index is 685. The molecule has 0 saturated carbocycles. The van der Waals surface area contributed by atoms with E-state index < -0.39 is 15.8 Å². The number of ketones is 1. The third-order valence-electron chi connectivity index (χ3n) is 3.59. The lowest BCUT2D eigenvalue weighted by molar-refractivity contribution is 0.0531. The highest BCUT2D eigenvalue weighted by Gasteiger charge is 2.34. The minimum Gasteiger partial charge on any atom is -0.462 e. The maximum Gasteiger partial charge on any atom is 0.348 e. The van der Waals surface area contributed by atoms with Gasteiger partial charge in [0.15, 0.2) is 15.6 Å². The Morgan fingerprint density at radius 3 is 2.64 bits per heavy atom. The standard InChI is InChI=1S/C15H20O5S2/c1-3-5-9-22(18,19)15-12-10(7-6-8-11(12)16)13(21-15)14(17)20-4-2/h3-9H2,1-2H3. The summed E-state index contributed by atoms with van der Waals surface area (Å²) in [5.41, 5.74) is 0.810. The van der Waals surface area contributed by atoms with Crippen LogP contribution in [0.25, 0.3) is 0 Å². The third-order valence-corrected chi connectivity index (χ3v) is 7.21. The number of carbonyl (C=O) groups excluding carboxylic acids is 2. The van der Waals surface area contributed by atoms with Crippen molar-refractivity contribution in [1.82, 2.24) is 0 Å². The summed E-state index contributed by atoms with van der Waals surface area (Å²) in [7, 11) is -3.53. The van der Waals surface area contributed by atoms with Gasteiger partial charge in [-0.1, -0.05) is 13.3 Å². The van der Waals surface area contributed by atoms with E-state index in [-0.39, 0.29) is 32.8 Å². The molecule has 0 bridgehead atoms. The van der Waals surface area contributed by atoms with E-state index >= 15 is 0 Å². The third kappa shape index (κ3) is 3.25. The molecule has 0 aliphatic heterocycles. The average Bonchev–Trinajstić information content (AvgIpc) is 2.87. The van der Waals surface area contributed by atoms with Crippen LogP contribution in [0.15, 0.2) is 4.21 Å². The molecule has 1 aliphatic rings. The second-order valence-electron chi connectivity index (χ2n) is 5.24. The Balaban J connectivity index is 2.55. The zero-order valence-electron chi connectivity index (χ0n) is 12.8. The first-order valence-corrected chi connectivity index (χ1v) is 9.98. The number of thiophene rings is 1. The number of unbranched alkanes of at least 4 members (excludes halogenated alkanes) is 1. The number of hydrogen-bond acceptors (Lipinski definition) is 6. The van der Waals surface area contributed by atoms with E-state index in [2.05, 4.69) is 0 Å². The van der Waals surface area contributed by atoms with Gasteiger partial charge >= 0.3 is 5.97 Å². The van der Waals surface area contributed by atoms with Gasteiger partial charge in [-0.2, -0.15) is 0 Å². The minimum atomic E-state index is -3.53. The highest BCUT2D eigenvalue weighted by molar-refractivity contribution is 7.93. The number of hydrogen-bond donors (Lipinski definition) is 0. The molecule has 122 valence electrons. The molecule has 0 atom stereocenters. The second kappa shape index (κ2) is 6.91. The number of rotatable bonds is 6. The van der Waals surface area contributed by atoms with Gasteiger partial charge in [0.1, 0.15) is 9.09 Å². The summed E-state index contributed by atoms with van der Waals surface area (Å²) in [4.78, 5) is 24.5. The minimum absolute atomic E-state index is 0.00595. The molecule has 1 aliphatic carbocycles. The fourth-order valence-electron chi connectivity index (χ4n) is 2.52. The lowest BCUT2D eigenvalue weighted by atomic mass is 9.93. The first-order valence-electron chi connectivity index (χ1n) is 7.51. The lowest BCUT2D eigenvalue weighted by Gasteiger charge is -2.13. The van der Waals surface area contributed by atoms with Crippen molar-refractivity contribution in [3.05, 3.63) is 16.0 Å². The zero-order valence-corrected chi connectivity index (χ0v) is 14.4. The van der Waals surface area contributed by atoms with E-state index in [1.807, 2.05) is 6.92 Å². The lowest BCUT2D eigenvalue weighted by Crippen LogP contribution is -2.16. The monoisotopic (exact) mass is 344 g/mol. The van der Waals surface area contributed by atoms with E-state index in [4.69, 9.17) is 4.74 Å². The predicted molar refractivity (Wildman–Crippen MR) is 84.5 cm³/mol. The maximum absolute atomic E-state index is 12.5. The molecular formula is C15H20O5S2. The zero-order chi connectivity index (χ0) is 16.3. The summed E-state index contributed by atoms with van der Waals surface area (Å²) in [6, 6.07) is 0. The van der Waals surface area contributed by atoms with Crippen LogP contribution in [0.5, 0.6) is 0 Å². The van der Waals surface area contributed by atoms with Crippen molar-refractivity contribution >= 4 is 32.9 Å². The van der Waals surface area contributed by atoms with Gasteiger partial charge in [0, 0.05) is 6.42 Å². The van der Waals surface area contributed by atoms with Gasteiger partial charge < -0.3 is 4.74 Å². The molecule has 0 saturated heterocycles. The van der Waals surface area contributed by atoms with Crippen LogP contribution < -0.4 is 0 Å². The molecule has 5 nitrogen and oxygen atoms in total. The molecule has 0 amide bonds. The Hall–Kier alpha value is -1.21. The van der Waals surface area contributed by atoms with E-state index in [1.54, 1.807) is 6.92 Å². The second-order valence-corrected chi connectivity index (χ2v) is 8.57. The highest BCUT2D eigenvalue weighted by Crippen LogP contribution is 2.38. The van der Waals surface area contributed by atoms with Crippen LogP contribution in [0.1, 0.15) is 65.1 Å². The smallest absolute Gasteiger partial charge is 0.348 e. The molecule has 2 rings (SSSR count). The SMILES string of the molecule is CCCCS(=O)(=O)c1sc(C(=O)OCC)c2c1C(=O)CCC2. The number of fused-ring (bicyclic) bond motifs is 1. The molecule has 0 aromatic carbocycles. The van der Waals surface area contributed by atoms with Gasteiger partial charge in [0.2, 0.25) is 0 Å². The largest absolute Gasteiger partial charge is 0.462 e. The fraction of sp³-hybridized carbons (Fsp3) is 0.600. The molecule has 7 heteroatoms. The first-order chi connectivity index (χ1) is 10.4. The van der Waals surface area contributed by atoms with Crippen molar-refractivity contribution in [1.29, 1.82) is 0 Å². The summed E-state index contributed by atoms with van der Waals surface area (Å²) >= 11 is 0.901. The normalized spacial score (nSPS) is 14.7. The molecule has 1 aromatic rings. The number of esters is 1. The molecule has 0 unspecified atom stereocenters. The Kier molecular flexibility index (Phi) is 5.39. The van der Waals surface area contributed by atoms with E-state index in [9.17, 15) is 18.0 Å². The molecule has 0 spiro atoms. The van der Waals surface area contributed by atoms with Crippen molar-refractivity contribution < 1.29 is 22.7 Å². The Morgan fingerprint density at radius 2 is 2.00 bits per heavy atom. The Labute approximate surface area is 134 Å². The van der Waals surface area contributed by atoms with Crippen LogP contribution in [-0.2, 0) is 21.0 Å². The molecule has 0 radical (unpaired) electrons. The molecule has 0 fully saturated rings. The molecule has 22 heavy (non-hydrogen) atoms. The van der Waals surface area contributed by atoms with Gasteiger partial charge in [-0.15, -0.1) is 11.3 Å². The summed E-state index contributed by atoms with van der Waals surface area (Å²) in [6.45, 7) is 3.83. The summed E-state index contributed by atoms with van der Waals surface area (Å²) < 4.78 is 30.1. The summed E-state index contributed by atoms with van der Waals surface area (Å²) in [6.07, 6.45) is 2.82. The number of sulfone groups is 1. The Morgan fingerprint density at radius 1 is 1.27 bits per heavy atom. The number of Topliss-reactive ketones (excluding diaryl/α,β-unsaturated/α-hetero) is 1. The predicted octanol–water partition coefficient (Wildman–Crippen LogP) is 3.02. The van der Waals surface area contributed by atoms with Gasteiger partial charge in [0.25, 0.3) is 0 Å². The van der Waals surface area contributed by atoms with Crippen LogP contribution in [0, 0.1) is 0 Å². The van der Waals surface area contributed by atoms with Crippen LogP contribution in [0.4, 0.5) is 0 Å². The molecule has 1 aromatic heterocycles. The summed E-state index contributed by atoms with van der Waals surface area (Å²) in [5.74, 6) is -0.704. The number of carbonyl (C=O) groups is 2. The van der Waals surface area contributed by atoms with Crippen LogP contribution in [0.3, 0.4) is 0 Å². The van der Waals surface area contributed by atoms with Crippen molar-refractivity contribution in [2.75, 3.05) is 12.4 Å². The van der Waals surface area contributed by atoms with E-state index in [0.717, 1.165) is 17.8 Å². The van der Waals surface area contributed by atoms with Gasteiger partial charge in [-0.25, -0.2) is 13.2 Å². The quantitative estimate of drug-likeness (QED) is 0.741. The van der Waals surface area contributed by atoms with Crippen LogP contribution >= 0.6 is 11.3 Å².